The van der Waals surface area contributed by atoms with Crippen LogP contribution in [0, 0.1) is 11.7 Å². The van der Waals surface area contributed by atoms with Crippen molar-refractivity contribution < 1.29 is 0 Å². The first-order valence-corrected chi connectivity index (χ1v) is 7.11. The molecular formula is C11H16BrN5S. The van der Waals surface area contributed by atoms with E-state index in [0.717, 1.165) is 41.1 Å². The Balaban J connectivity index is 2.50. The van der Waals surface area contributed by atoms with E-state index in [1.807, 2.05) is 23.2 Å². The van der Waals surface area contributed by atoms with E-state index >= 15 is 0 Å². The molecule has 0 aliphatic carbocycles. The Morgan fingerprint density at radius 1 is 1.44 bits per heavy atom. The van der Waals surface area contributed by atoms with Crippen LogP contribution in [0.4, 0.5) is 0 Å². The zero-order chi connectivity index (χ0) is 13.3. The second-order valence-electron chi connectivity index (χ2n) is 4.23. The second-order valence-corrected chi connectivity index (χ2v) is 5.41. The van der Waals surface area contributed by atoms with Crippen LogP contribution in [0.1, 0.15) is 25.5 Å². The van der Waals surface area contributed by atoms with Crippen LogP contribution < -0.4 is 0 Å². The number of rotatable bonds is 4. The highest BCUT2D eigenvalue weighted by Crippen LogP contribution is 2.28. The average Bonchev–Trinajstić information content (AvgIpc) is 2.83. The molecular weight excluding hydrogens is 314 g/mol. The number of aromatic amines is 1. The second kappa shape index (κ2) is 5.36. The van der Waals surface area contributed by atoms with Crippen molar-refractivity contribution in [2.45, 2.75) is 33.2 Å². The van der Waals surface area contributed by atoms with Gasteiger partial charge < -0.3 is 0 Å². The molecule has 1 N–H and O–H groups in total. The first kappa shape index (κ1) is 13.5. The van der Waals surface area contributed by atoms with Crippen molar-refractivity contribution in [1.29, 1.82) is 0 Å². The van der Waals surface area contributed by atoms with Crippen LogP contribution in [-0.2, 0) is 13.6 Å². The minimum atomic E-state index is 0.647. The van der Waals surface area contributed by atoms with Crippen molar-refractivity contribution in [3.63, 3.8) is 0 Å². The minimum absolute atomic E-state index is 0.647. The minimum Gasteiger partial charge on any atom is -0.299 e. The lowest BCUT2D eigenvalue weighted by Gasteiger charge is -2.03. The Hall–Kier alpha value is -0.950. The van der Waals surface area contributed by atoms with Crippen molar-refractivity contribution in [1.82, 2.24) is 24.5 Å². The maximum absolute atomic E-state index is 5.26. The zero-order valence-electron chi connectivity index (χ0n) is 10.7. The van der Waals surface area contributed by atoms with Gasteiger partial charge in [0.15, 0.2) is 10.6 Å². The van der Waals surface area contributed by atoms with Crippen LogP contribution in [0.3, 0.4) is 0 Å². The quantitative estimate of drug-likeness (QED) is 0.876. The molecule has 0 amide bonds. The summed E-state index contributed by atoms with van der Waals surface area (Å²) in [6.45, 7) is 5.03. The van der Waals surface area contributed by atoms with Gasteiger partial charge in [0.25, 0.3) is 0 Å². The van der Waals surface area contributed by atoms with Gasteiger partial charge in [0, 0.05) is 19.3 Å². The highest BCUT2D eigenvalue weighted by atomic mass is 79.9. The molecule has 98 valence electrons. The number of halogens is 1. The molecule has 18 heavy (non-hydrogen) atoms. The van der Waals surface area contributed by atoms with Crippen LogP contribution in [0.5, 0.6) is 0 Å². The highest BCUT2D eigenvalue weighted by Gasteiger charge is 2.18. The van der Waals surface area contributed by atoms with Gasteiger partial charge in [-0.15, -0.1) is 0 Å². The van der Waals surface area contributed by atoms with E-state index in [1.54, 1.807) is 0 Å². The molecule has 0 saturated carbocycles. The van der Waals surface area contributed by atoms with Gasteiger partial charge in [-0.2, -0.15) is 10.2 Å². The molecule has 5 nitrogen and oxygen atoms in total. The molecule has 0 spiro atoms. The Labute approximate surface area is 119 Å². The summed E-state index contributed by atoms with van der Waals surface area (Å²) in [4.78, 5) is 0. The van der Waals surface area contributed by atoms with Gasteiger partial charge >= 0.3 is 0 Å². The van der Waals surface area contributed by atoms with Crippen molar-refractivity contribution in [3.05, 3.63) is 14.9 Å². The molecule has 0 aliphatic heterocycles. The van der Waals surface area contributed by atoms with Gasteiger partial charge in [-0.05, 0) is 41.5 Å². The number of aromatic nitrogens is 5. The molecule has 0 fully saturated rings. The highest BCUT2D eigenvalue weighted by molar-refractivity contribution is 9.10. The SMILES string of the molecule is CCCCn1c(-c2nn(C)c(C)c2Br)n[nH]c1=S. The van der Waals surface area contributed by atoms with Crippen LogP contribution >= 0.6 is 28.1 Å². The molecule has 7 heteroatoms. The van der Waals surface area contributed by atoms with E-state index in [-0.39, 0.29) is 0 Å². The van der Waals surface area contributed by atoms with Gasteiger partial charge in [-0.3, -0.25) is 14.3 Å². The normalized spacial score (nSPS) is 11.1. The molecule has 2 aromatic heterocycles. The third-order valence-corrected chi connectivity index (χ3v) is 4.23. The first-order valence-electron chi connectivity index (χ1n) is 5.91. The molecule has 0 bridgehead atoms. The summed E-state index contributed by atoms with van der Waals surface area (Å²) in [6.07, 6.45) is 2.19. The molecule has 0 unspecified atom stereocenters. The van der Waals surface area contributed by atoms with Crippen molar-refractivity contribution in [3.8, 4) is 11.5 Å². The predicted molar refractivity (Wildman–Crippen MR) is 77.0 cm³/mol. The smallest absolute Gasteiger partial charge is 0.195 e. The molecule has 2 heterocycles. The number of unbranched alkanes of at least 4 members (excludes halogenated alkanes) is 1. The summed E-state index contributed by atoms with van der Waals surface area (Å²) in [5.41, 5.74) is 1.90. The fourth-order valence-corrected chi connectivity index (χ4v) is 2.48. The fourth-order valence-electron chi connectivity index (χ4n) is 1.75. The molecule has 0 atom stereocenters. The van der Waals surface area contributed by atoms with Crippen molar-refractivity contribution in [2.24, 2.45) is 7.05 Å². The summed E-state index contributed by atoms with van der Waals surface area (Å²) in [5.74, 6) is 0.795. The average molecular weight is 330 g/mol. The molecule has 0 saturated heterocycles. The van der Waals surface area contributed by atoms with Crippen LogP contribution in [-0.4, -0.2) is 24.5 Å². The number of nitrogens with zero attached hydrogens (tertiary/aromatic N) is 4. The maximum Gasteiger partial charge on any atom is 0.195 e. The summed E-state index contributed by atoms with van der Waals surface area (Å²) in [6, 6.07) is 0. The van der Waals surface area contributed by atoms with Crippen LogP contribution in [0.15, 0.2) is 4.47 Å². The monoisotopic (exact) mass is 329 g/mol. The van der Waals surface area contributed by atoms with E-state index < -0.39 is 0 Å². The van der Waals surface area contributed by atoms with Gasteiger partial charge in [0.2, 0.25) is 0 Å². The number of nitrogens with one attached hydrogen (secondary N) is 1. The first-order chi connectivity index (χ1) is 8.56. The number of H-pyrrole nitrogens is 1. The van der Waals surface area contributed by atoms with Gasteiger partial charge in [0.05, 0.1) is 4.47 Å². The van der Waals surface area contributed by atoms with Gasteiger partial charge in [-0.1, -0.05) is 13.3 Å². The lowest BCUT2D eigenvalue weighted by atomic mass is 10.3. The Morgan fingerprint density at radius 3 is 2.72 bits per heavy atom. The van der Waals surface area contributed by atoms with Gasteiger partial charge in [0.1, 0.15) is 5.69 Å². The van der Waals surface area contributed by atoms with E-state index in [9.17, 15) is 0 Å². The summed E-state index contributed by atoms with van der Waals surface area (Å²) in [5, 5.41) is 11.6. The number of hydrogen-bond donors (Lipinski definition) is 1. The largest absolute Gasteiger partial charge is 0.299 e. The summed E-state index contributed by atoms with van der Waals surface area (Å²) in [7, 11) is 1.92. The standard InChI is InChI=1S/C11H16BrN5S/c1-4-5-6-17-10(13-14-11(17)18)9-8(12)7(2)16(3)15-9/h4-6H2,1-3H3,(H,14,18). The summed E-state index contributed by atoms with van der Waals surface area (Å²) < 4.78 is 5.46. The van der Waals surface area contributed by atoms with E-state index in [0.29, 0.717) is 4.77 Å². The lowest BCUT2D eigenvalue weighted by molar-refractivity contribution is 0.626. The summed E-state index contributed by atoms with van der Waals surface area (Å²) >= 11 is 8.83. The lowest BCUT2D eigenvalue weighted by Crippen LogP contribution is -2.02. The molecule has 2 rings (SSSR count). The molecule has 0 radical (unpaired) electrons. The third kappa shape index (κ3) is 2.29. The predicted octanol–water partition coefficient (Wildman–Crippen LogP) is 3.21. The van der Waals surface area contributed by atoms with Gasteiger partial charge in [-0.25, -0.2) is 0 Å². The molecule has 2 aromatic rings. The van der Waals surface area contributed by atoms with Crippen LogP contribution in [0.25, 0.3) is 11.5 Å². The number of hydrogen-bond acceptors (Lipinski definition) is 3. The Kier molecular flexibility index (Phi) is 4.01. The number of aryl methyl sites for hydroxylation is 1. The Bertz CT molecular complexity index is 609. The maximum atomic E-state index is 5.26. The molecule has 0 aromatic carbocycles. The zero-order valence-corrected chi connectivity index (χ0v) is 13.1. The topological polar surface area (TPSA) is 51.4 Å². The van der Waals surface area contributed by atoms with E-state index in [1.165, 1.54) is 0 Å². The third-order valence-electron chi connectivity index (χ3n) is 2.97. The van der Waals surface area contributed by atoms with Crippen molar-refractivity contribution in [2.75, 3.05) is 0 Å². The molecule has 0 aliphatic rings. The van der Waals surface area contributed by atoms with E-state index in [2.05, 4.69) is 38.1 Å². The van der Waals surface area contributed by atoms with Crippen LogP contribution in [0.2, 0.25) is 0 Å². The Morgan fingerprint density at radius 2 is 2.17 bits per heavy atom. The van der Waals surface area contributed by atoms with Crippen molar-refractivity contribution >= 4 is 28.1 Å². The fraction of sp³-hybridized carbons (Fsp3) is 0.545. The van der Waals surface area contributed by atoms with E-state index in [4.69, 9.17) is 12.2 Å².